The molecule has 0 aliphatic carbocycles. The van der Waals surface area contributed by atoms with Crippen LogP contribution in [0.15, 0.2) is 40.9 Å². The van der Waals surface area contributed by atoms with E-state index in [2.05, 4.69) is 15.9 Å². The third kappa shape index (κ3) is 2.65. The van der Waals surface area contributed by atoms with Crippen LogP contribution in [0.25, 0.3) is 0 Å². The number of ketones is 1. The molecule has 0 atom stereocenters. The first kappa shape index (κ1) is 13.3. The Balaban J connectivity index is 2.41. The minimum Gasteiger partial charge on any atom is -0.289 e. The Hall–Kier alpha value is -1.12. The van der Waals surface area contributed by atoms with Crippen molar-refractivity contribution in [2.45, 2.75) is 13.8 Å². The second kappa shape index (κ2) is 5.25. The molecule has 0 aliphatic rings. The van der Waals surface area contributed by atoms with Gasteiger partial charge in [-0.15, -0.1) is 0 Å². The lowest BCUT2D eigenvalue weighted by Gasteiger charge is -2.06. The summed E-state index contributed by atoms with van der Waals surface area (Å²) in [6.07, 6.45) is 0. The van der Waals surface area contributed by atoms with Gasteiger partial charge < -0.3 is 0 Å². The number of carbonyl (C=O) groups excluding carboxylic acids is 1. The molecule has 0 radical (unpaired) electrons. The van der Waals surface area contributed by atoms with Gasteiger partial charge in [0.15, 0.2) is 5.78 Å². The Morgan fingerprint density at radius 1 is 1.00 bits per heavy atom. The van der Waals surface area contributed by atoms with E-state index in [0.29, 0.717) is 16.1 Å². The number of carbonyl (C=O) groups is 1. The van der Waals surface area contributed by atoms with E-state index in [1.807, 2.05) is 32.0 Å². The first-order chi connectivity index (χ1) is 8.49. The molecule has 2 aromatic carbocycles. The highest BCUT2D eigenvalue weighted by molar-refractivity contribution is 9.10. The maximum atomic E-state index is 12.3. The van der Waals surface area contributed by atoms with Crippen LogP contribution in [0.3, 0.4) is 0 Å². The number of rotatable bonds is 2. The van der Waals surface area contributed by atoms with Crippen molar-refractivity contribution in [3.63, 3.8) is 0 Å². The highest BCUT2D eigenvalue weighted by Crippen LogP contribution is 2.24. The second-order valence-corrected chi connectivity index (χ2v) is 5.52. The molecule has 0 saturated heterocycles. The first-order valence-electron chi connectivity index (χ1n) is 5.56. The summed E-state index contributed by atoms with van der Waals surface area (Å²) in [6.45, 7) is 4.03. The van der Waals surface area contributed by atoms with E-state index in [1.165, 1.54) is 5.56 Å². The van der Waals surface area contributed by atoms with E-state index in [9.17, 15) is 4.79 Å². The fourth-order valence-corrected chi connectivity index (χ4v) is 2.18. The zero-order chi connectivity index (χ0) is 13.3. The van der Waals surface area contributed by atoms with Gasteiger partial charge in [0.05, 0.1) is 5.02 Å². The standard InChI is InChI=1S/C15H12BrClO/c1-9-3-4-11(7-10(9)2)15(18)12-5-6-14(17)13(16)8-12/h3-8H,1-2H3. The Kier molecular flexibility index (Phi) is 3.88. The molecule has 2 rings (SSSR count). The Morgan fingerprint density at radius 3 is 2.22 bits per heavy atom. The van der Waals surface area contributed by atoms with Crippen molar-refractivity contribution in [1.29, 1.82) is 0 Å². The number of aryl methyl sites for hydroxylation is 2. The monoisotopic (exact) mass is 322 g/mol. The van der Waals surface area contributed by atoms with Crippen molar-refractivity contribution >= 4 is 33.3 Å². The van der Waals surface area contributed by atoms with Crippen molar-refractivity contribution in [1.82, 2.24) is 0 Å². The van der Waals surface area contributed by atoms with E-state index in [0.717, 1.165) is 10.0 Å². The molecule has 0 aromatic heterocycles. The van der Waals surface area contributed by atoms with Crippen molar-refractivity contribution in [3.05, 3.63) is 68.1 Å². The largest absolute Gasteiger partial charge is 0.289 e. The normalized spacial score (nSPS) is 10.4. The summed E-state index contributed by atoms with van der Waals surface area (Å²) in [4.78, 5) is 12.3. The molecule has 0 fully saturated rings. The number of benzene rings is 2. The fourth-order valence-electron chi connectivity index (χ4n) is 1.69. The lowest BCUT2D eigenvalue weighted by atomic mass is 9.99. The molecule has 0 aliphatic heterocycles. The predicted octanol–water partition coefficient (Wildman–Crippen LogP) is 4.95. The quantitative estimate of drug-likeness (QED) is 0.715. The summed E-state index contributed by atoms with van der Waals surface area (Å²) in [7, 11) is 0. The summed E-state index contributed by atoms with van der Waals surface area (Å²) < 4.78 is 0.735. The van der Waals surface area contributed by atoms with Crippen LogP contribution in [0, 0.1) is 13.8 Å². The summed E-state index contributed by atoms with van der Waals surface area (Å²) >= 11 is 9.25. The number of hydrogen-bond acceptors (Lipinski definition) is 1. The molecule has 0 unspecified atom stereocenters. The van der Waals surface area contributed by atoms with Gasteiger partial charge in [0, 0.05) is 15.6 Å². The van der Waals surface area contributed by atoms with E-state index in [-0.39, 0.29) is 5.78 Å². The maximum absolute atomic E-state index is 12.3. The van der Waals surface area contributed by atoms with E-state index in [1.54, 1.807) is 18.2 Å². The topological polar surface area (TPSA) is 17.1 Å². The van der Waals surface area contributed by atoms with Gasteiger partial charge in [0.25, 0.3) is 0 Å². The van der Waals surface area contributed by atoms with Gasteiger partial charge in [-0.3, -0.25) is 4.79 Å². The summed E-state index contributed by atoms with van der Waals surface area (Å²) in [5.41, 5.74) is 3.64. The van der Waals surface area contributed by atoms with Gasteiger partial charge in [0.2, 0.25) is 0 Å². The molecule has 0 amide bonds. The van der Waals surface area contributed by atoms with Crippen LogP contribution in [-0.4, -0.2) is 5.78 Å². The van der Waals surface area contributed by atoms with Crippen LogP contribution in [0.1, 0.15) is 27.0 Å². The maximum Gasteiger partial charge on any atom is 0.193 e. The lowest BCUT2D eigenvalue weighted by molar-refractivity contribution is 0.103. The first-order valence-corrected chi connectivity index (χ1v) is 6.73. The molecule has 92 valence electrons. The van der Waals surface area contributed by atoms with Crippen molar-refractivity contribution in [2.75, 3.05) is 0 Å². The Morgan fingerprint density at radius 2 is 1.61 bits per heavy atom. The fraction of sp³-hybridized carbons (Fsp3) is 0.133. The Bertz CT molecular complexity index is 566. The van der Waals surface area contributed by atoms with Gasteiger partial charge in [-0.05, 0) is 65.2 Å². The van der Waals surface area contributed by atoms with Crippen LogP contribution in [0.2, 0.25) is 5.02 Å². The third-order valence-electron chi connectivity index (χ3n) is 2.95. The second-order valence-electron chi connectivity index (χ2n) is 4.26. The van der Waals surface area contributed by atoms with Gasteiger partial charge in [0.1, 0.15) is 0 Å². The minimum absolute atomic E-state index is 0.00969. The Labute approximate surface area is 120 Å². The smallest absolute Gasteiger partial charge is 0.193 e. The zero-order valence-electron chi connectivity index (χ0n) is 10.1. The van der Waals surface area contributed by atoms with Crippen LogP contribution >= 0.6 is 27.5 Å². The van der Waals surface area contributed by atoms with Crippen LogP contribution < -0.4 is 0 Å². The van der Waals surface area contributed by atoms with Crippen LogP contribution in [-0.2, 0) is 0 Å². The predicted molar refractivity (Wildman–Crippen MR) is 78.5 cm³/mol. The van der Waals surface area contributed by atoms with Crippen molar-refractivity contribution in [2.24, 2.45) is 0 Å². The summed E-state index contributed by atoms with van der Waals surface area (Å²) in [5.74, 6) is 0.00969. The zero-order valence-corrected chi connectivity index (χ0v) is 12.5. The molecule has 3 heteroatoms. The molecule has 0 N–H and O–H groups in total. The van der Waals surface area contributed by atoms with Crippen molar-refractivity contribution in [3.8, 4) is 0 Å². The average Bonchev–Trinajstić information content (AvgIpc) is 2.35. The lowest BCUT2D eigenvalue weighted by Crippen LogP contribution is -2.02. The highest BCUT2D eigenvalue weighted by atomic mass is 79.9. The summed E-state index contributed by atoms with van der Waals surface area (Å²) in [6, 6.07) is 10.9. The van der Waals surface area contributed by atoms with Crippen molar-refractivity contribution < 1.29 is 4.79 Å². The third-order valence-corrected chi connectivity index (χ3v) is 4.16. The van der Waals surface area contributed by atoms with E-state index >= 15 is 0 Å². The molecule has 1 nitrogen and oxygen atoms in total. The van der Waals surface area contributed by atoms with Gasteiger partial charge in [-0.2, -0.15) is 0 Å². The number of hydrogen-bond donors (Lipinski definition) is 0. The molecular formula is C15H12BrClO. The molecule has 0 heterocycles. The highest BCUT2D eigenvalue weighted by Gasteiger charge is 2.11. The van der Waals surface area contributed by atoms with Gasteiger partial charge in [-0.1, -0.05) is 23.7 Å². The van der Waals surface area contributed by atoms with Crippen LogP contribution in [0.5, 0.6) is 0 Å². The molecular weight excluding hydrogens is 312 g/mol. The van der Waals surface area contributed by atoms with E-state index in [4.69, 9.17) is 11.6 Å². The van der Waals surface area contributed by atoms with E-state index < -0.39 is 0 Å². The van der Waals surface area contributed by atoms with Crippen LogP contribution in [0.4, 0.5) is 0 Å². The molecule has 0 spiro atoms. The van der Waals surface area contributed by atoms with Gasteiger partial charge in [-0.25, -0.2) is 0 Å². The summed E-state index contributed by atoms with van der Waals surface area (Å²) in [5, 5.41) is 0.603. The van der Waals surface area contributed by atoms with Gasteiger partial charge >= 0.3 is 0 Å². The SMILES string of the molecule is Cc1ccc(C(=O)c2ccc(Cl)c(Br)c2)cc1C. The molecule has 0 saturated carbocycles. The molecule has 0 bridgehead atoms. The number of halogens is 2. The average molecular weight is 324 g/mol. The molecule has 2 aromatic rings. The molecule has 18 heavy (non-hydrogen) atoms. The minimum atomic E-state index is 0.00969.